The van der Waals surface area contributed by atoms with Crippen molar-refractivity contribution in [2.45, 2.75) is 38.0 Å². The van der Waals surface area contributed by atoms with Crippen molar-refractivity contribution >= 4 is 17.6 Å². The van der Waals surface area contributed by atoms with Gasteiger partial charge in [-0.25, -0.2) is 0 Å². The van der Waals surface area contributed by atoms with Crippen LogP contribution >= 0.6 is 11.6 Å². The van der Waals surface area contributed by atoms with Crippen LogP contribution in [0.3, 0.4) is 0 Å². The summed E-state index contributed by atoms with van der Waals surface area (Å²) >= 11 is 6.00. The zero-order chi connectivity index (χ0) is 9.84. The molecule has 3 unspecified atom stereocenters. The van der Waals surface area contributed by atoms with E-state index in [1.54, 1.807) is 0 Å². The van der Waals surface area contributed by atoms with Crippen molar-refractivity contribution in [2.24, 2.45) is 11.8 Å². The number of halogens is 1. The number of esters is 1. The third kappa shape index (κ3) is 2.87. The number of carbonyl (C=O) groups excluding carboxylic acids is 1. The maximum atomic E-state index is 11.2. The van der Waals surface area contributed by atoms with Crippen LogP contribution in [-0.4, -0.2) is 18.5 Å². The van der Waals surface area contributed by atoms with Gasteiger partial charge in [-0.05, 0) is 24.7 Å². The topological polar surface area (TPSA) is 26.3 Å². The Morgan fingerprint density at radius 2 is 2.23 bits per heavy atom. The third-order valence-electron chi connectivity index (χ3n) is 2.82. The Hall–Kier alpha value is -0.240. The minimum atomic E-state index is -0.437. The summed E-state index contributed by atoms with van der Waals surface area (Å²) in [5.41, 5.74) is 0. The number of hydrogen-bond donors (Lipinski definition) is 0. The Bertz CT molecular complexity index is 182. The molecule has 13 heavy (non-hydrogen) atoms. The molecule has 0 aromatic carbocycles. The zero-order valence-corrected chi connectivity index (χ0v) is 9.01. The van der Waals surface area contributed by atoms with Crippen LogP contribution in [0.1, 0.15) is 32.6 Å². The monoisotopic (exact) mass is 204 g/mol. The van der Waals surface area contributed by atoms with Crippen molar-refractivity contribution in [1.29, 1.82) is 0 Å². The fraction of sp³-hybridized carbons (Fsp3) is 0.900. The smallest absolute Gasteiger partial charge is 0.324 e. The molecule has 0 aromatic rings. The molecule has 1 fully saturated rings. The molecular weight excluding hydrogens is 188 g/mol. The maximum absolute atomic E-state index is 11.2. The van der Waals surface area contributed by atoms with Gasteiger partial charge in [0, 0.05) is 0 Å². The van der Waals surface area contributed by atoms with Gasteiger partial charge in [-0.1, -0.05) is 19.8 Å². The summed E-state index contributed by atoms with van der Waals surface area (Å²) in [4.78, 5) is 11.2. The molecule has 1 saturated carbocycles. The van der Waals surface area contributed by atoms with Crippen molar-refractivity contribution < 1.29 is 9.53 Å². The van der Waals surface area contributed by atoms with Crippen LogP contribution in [0.25, 0.3) is 0 Å². The first-order valence-corrected chi connectivity index (χ1v) is 5.30. The number of alkyl halides is 1. The quantitative estimate of drug-likeness (QED) is 0.511. The van der Waals surface area contributed by atoms with E-state index in [1.807, 2.05) is 0 Å². The zero-order valence-electron chi connectivity index (χ0n) is 8.25. The van der Waals surface area contributed by atoms with Gasteiger partial charge in [-0.15, -0.1) is 11.6 Å². The summed E-state index contributed by atoms with van der Waals surface area (Å²) in [7, 11) is 1.39. The molecule has 0 saturated heterocycles. The molecule has 3 heteroatoms. The molecule has 1 aliphatic carbocycles. The fourth-order valence-corrected chi connectivity index (χ4v) is 2.37. The summed E-state index contributed by atoms with van der Waals surface area (Å²) in [6, 6.07) is 0. The van der Waals surface area contributed by atoms with E-state index in [0.29, 0.717) is 11.8 Å². The molecule has 0 aromatic heterocycles. The van der Waals surface area contributed by atoms with E-state index in [4.69, 9.17) is 11.6 Å². The maximum Gasteiger partial charge on any atom is 0.324 e. The average Bonchev–Trinajstić information content (AvgIpc) is 2.15. The summed E-state index contributed by atoms with van der Waals surface area (Å²) < 4.78 is 4.63. The fourth-order valence-electron chi connectivity index (χ4n) is 2.05. The molecule has 2 nitrogen and oxygen atoms in total. The standard InChI is InChI=1S/C10H17ClO2/c1-7-4-3-5-8(6-7)9(11)10(12)13-2/h7-9H,3-6H2,1-2H3. The predicted octanol–water partition coefficient (Wildman–Crippen LogP) is 2.59. The molecule has 0 spiro atoms. The first kappa shape index (κ1) is 10.8. The van der Waals surface area contributed by atoms with Crippen molar-refractivity contribution in [2.75, 3.05) is 7.11 Å². The summed E-state index contributed by atoms with van der Waals surface area (Å²) in [5.74, 6) is 0.739. The molecular formula is C10H17ClO2. The lowest BCUT2D eigenvalue weighted by Gasteiger charge is -2.28. The Kier molecular flexibility index (Phi) is 4.04. The summed E-state index contributed by atoms with van der Waals surface area (Å²) in [6.07, 6.45) is 4.57. The van der Waals surface area contributed by atoms with Crippen LogP contribution in [0.15, 0.2) is 0 Å². The third-order valence-corrected chi connectivity index (χ3v) is 3.35. The molecule has 1 rings (SSSR count). The van der Waals surface area contributed by atoms with Crippen LogP contribution in [0.2, 0.25) is 0 Å². The second-order valence-corrected chi connectivity index (χ2v) is 4.43. The minimum Gasteiger partial charge on any atom is -0.468 e. The molecule has 0 N–H and O–H groups in total. The lowest BCUT2D eigenvalue weighted by Crippen LogP contribution is -2.29. The van der Waals surface area contributed by atoms with Gasteiger partial charge in [0.25, 0.3) is 0 Å². The SMILES string of the molecule is COC(=O)C(Cl)C1CCCC(C)C1. The van der Waals surface area contributed by atoms with Crippen LogP contribution in [0.4, 0.5) is 0 Å². The van der Waals surface area contributed by atoms with Gasteiger partial charge >= 0.3 is 5.97 Å². The number of rotatable bonds is 2. The number of methoxy groups -OCH3 is 1. The Balaban J connectivity index is 2.45. The average molecular weight is 205 g/mol. The van der Waals surface area contributed by atoms with Crippen LogP contribution in [0, 0.1) is 11.8 Å². The highest BCUT2D eigenvalue weighted by molar-refractivity contribution is 6.30. The molecule has 1 aliphatic rings. The Morgan fingerprint density at radius 3 is 2.77 bits per heavy atom. The van der Waals surface area contributed by atoms with E-state index in [1.165, 1.54) is 20.0 Å². The number of ether oxygens (including phenoxy) is 1. The van der Waals surface area contributed by atoms with E-state index < -0.39 is 5.38 Å². The van der Waals surface area contributed by atoms with E-state index in [-0.39, 0.29) is 5.97 Å². The Morgan fingerprint density at radius 1 is 1.54 bits per heavy atom. The van der Waals surface area contributed by atoms with Crippen molar-refractivity contribution in [3.8, 4) is 0 Å². The molecule has 0 amide bonds. The van der Waals surface area contributed by atoms with E-state index in [9.17, 15) is 4.79 Å². The second-order valence-electron chi connectivity index (χ2n) is 3.96. The number of carbonyl (C=O) groups is 1. The molecule has 0 heterocycles. The van der Waals surface area contributed by atoms with Gasteiger partial charge < -0.3 is 4.74 Å². The van der Waals surface area contributed by atoms with Gasteiger partial charge in [0.1, 0.15) is 5.38 Å². The van der Waals surface area contributed by atoms with Crippen LogP contribution in [-0.2, 0) is 9.53 Å². The Labute approximate surface area is 84.6 Å². The molecule has 0 bridgehead atoms. The molecule has 0 aliphatic heterocycles. The highest BCUT2D eigenvalue weighted by atomic mass is 35.5. The largest absolute Gasteiger partial charge is 0.468 e. The number of hydrogen-bond acceptors (Lipinski definition) is 2. The second kappa shape index (κ2) is 4.85. The van der Waals surface area contributed by atoms with E-state index in [2.05, 4.69) is 11.7 Å². The van der Waals surface area contributed by atoms with Crippen molar-refractivity contribution in [3.05, 3.63) is 0 Å². The summed E-state index contributed by atoms with van der Waals surface area (Å²) in [6.45, 7) is 2.22. The van der Waals surface area contributed by atoms with Gasteiger partial charge in [0.05, 0.1) is 7.11 Å². The van der Waals surface area contributed by atoms with Crippen molar-refractivity contribution in [1.82, 2.24) is 0 Å². The molecule has 0 radical (unpaired) electrons. The first-order chi connectivity index (χ1) is 6.15. The van der Waals surface area contributed by atoms with Gasteiger partial charge in [0.15, 0.2) is 0 Å². The van der Waals surface area contributed by atoms with Gasteiger partial charge in [-0.3, -0.25) is 4.79 Å². The van der Waals surface area contributed by atoms with Crippen LogP contribution in [0.5, 0.6) is 0 Å². The van der Waals surface area contributed by atoms with Gasteiger partial charge in [0.2, 0.25) is 0 Å². The highest BCUT2D eigenvalue weighted by Gasteiger charge is 2.30. The van der Waals surface area contributed by atoms with Crippen LogP contribution < -0.4 is 0 Å². The molecule has 76 valence electrons. The summed E-state index contributed by atoms with van der Waals surface area (Å²) in [5, 5.41) is -0.437. The normalized spacial score (nSPS) is 31.0. The van der Waals surface area contributed by atoms with E-state index in [0.717, 1.165) is 12.8 Å². The van der Waals surface area contributed by atoms with Crippen molar-refractivity contribution in [3.63, 3.8) is 0 Å². The lowest BCUT2D eigenvalue weighted by atomic mass is 9.80. The lowest BCUT2D eigenvalue weighted by molar-refractivity contribution is -0.141. The first-order valence-electron chi connectivity index (χ1n) is 4.87. The molecule has 3 atom stereocenters. The van der Waals surface area contributed by atoms with E-state index >= 15 is 0 Å². The highest BCUT2D eigenvalue weighted by Crippen LogP contribution is 2.33. The minimum absolute atomic E-state index is 0.277. The predicted molar refractivity (Wildman–Crippen MR) is 52.8 cm³/mol. The van der Waals surface area contributed by atoms with Gasteiger partial charge in [-0.2, -0.15) is 0 Å².